The van der Waals surface area contributed by atoms with E-state index in [-0.39, 0.29) is 5.78 Å². The average molecular weight is 295 g/mol. The minimum absolute atomic E-state index is 0.375. The van der Waals surface area contributed by atoms with Gasteiger partial charge < -0.3 is 0 Å². The first-order valence-corrected chi connectivity index (χ1v) is 7.70. The molecule has 0 unspecified atom stereocenters. The zero-order valence-electron chi connectivity index (χ0n) is 11.9. The maximum atomic E-state index is 12.1. The van der Waals surface area contributed by atoms with Crippen molar-refractivity contribution >= 4 is 21.7 Å². The molecule has 20 heavy (non-hydrogen) atoms. The summed E-state index contributed by atoms with van der Waals surface area (Å²) in [5, 5.41) is 0. The lowest BCUT2D eigenvalue weighted by atomic mass is 10.0. The molecule has 0 radical (unpaired) electrons. The Balaban J connectivity index is 2.22. The van der Waals surface area contributed by atoms with Crippen LogP contribution in [-0.4, -0.2) is 35.7 Å². The van der Waals surface area contributed by atoms with E-state index in [1.807, 2.05) is 13.8 Å². The molecule has 2 rings (SSSR count). The van der Waals surface area contributed by atoms with Gasteiger partial charge in [-0.1, -0.05) is 12.1 Å². The Morgan fingerprint density at radius 2 is 1.80 bits per heavy atom. The van der Waals surface area contributed by atoms with Crippen molar-refractivity contribution in [2.75, 3.05) is 6.54 Å². The molecule has 1 aliphatic heterocycles. The fourth-order valence-electron chi connectivity index (χ4n) is 2.05. The van der Waals surface area contributed by atoms with Crippen LogP contribution in [0.2, 0.25) is 0 Å². The maximum Gasteiger partial charge on any atom is 0.259 e. The van der Waals surface area contributed by atoms with Crippen LogP contribution in [0.5, 0.6) is 0 Å². The first-order valence-electron chi connectivity index (χ1n) is 6.26. The Morgan fingerprint density at radius 3 is 2.30 bits per heavy atom. The second-order valence-electron chi connectivity index (χ2n) is 5.55. The third-order valence-corrected chi connectivity index (χ3v) is 6.13. The van der Waals surface area contributed by atoms with Crippen LogP contribution >= 0.6 is 0 Å². The van der Waals surface area contributed by atoms with Gasteiger partial charge in [0.25, 0.3) is 15.9 Å². The van der Waals surface area contributed by atoms with Gasteiger partial charge in [0.1, 0.15) is 6.54 Å². The fraction of sp³-hybridized carbons (Fsp3) is 0.429. The third kappa shape index (κ3) is 1.95. The normalized spacial score (nSPS) is 19.6. The molecule has 0 spiro atoms. The number of hydrogen-bond donors (Lipinski definition) is 0. The molecule has 0 saturated carbocycles. The quantitative estimate of drug-likeness (QED) is 0.791. The number of hydrogen-bond acceptors (Lipinski definition) is 4. The molecule has 0 aromatic heterocycles. The lowest BCUT2D eigenvalue weighted by Crippen LogP contribution is -2.68. The van der Waals surface area contributed by atoms with Crippen molar-refractivity contribution in [3.63, 3.8) is 0 Å². The zero-order valence-corrected chi connectivity index (χ0v) is 12.7. The highest BCUT2D eigenvalue weighted by molar-refractivity contribution is 7.94. The lowest BCUT2D eigenvalue weighted by Gasteiger charge is -2.42. The van der Waals surface area contributed by atoms with E-state index < -0.39 is 27.2 Å². The van der Waals surface area contributed by atoms with Crippen LogP contribution in [0.1, 0.15) is 35.3 Å². The van der Waals surface area contributed by atoms with Crippen LogP contribution in [0.15, 0.2) is 18.2 Å². The van der Waals surface area contributed by atoms with Crippen LogP contribution in [0.25, 0.3) is 0 Å². The molecule has 0 bridgehead atoms. The van der Waals surface area contributed by atoms with Crippen molar-refractivity contribution in [3.05, 3.63) is 34.9 Å². The van der Waals surface area contributed by atoms with E-state index in [9.17, 15) is 18.0 Å². The van der Waals surface area contributed by atoms with E-state index in [4.69, 9.17) is 0 Å². The summed E-state index contributed by atoms with van der Waals surface area (Å²) in [6.45, 7) is 6.08. The average Bonchev–Trinajstić information content (AvgIpc) is 2.37. The minimum Gasteiger partial charge on any atom is -0.292 e. The molecule has 5 nitrogen and oxygen atoms in total. The monoisotopic (exact) mass is 295 g/mol. The first kappa shape index (κ1) is 14.7. The van der Waals surface area contributed by atoms with Gasteiger partial charge in [-0.15, -0.1) is 0 Å². The standard InChI is InChI=1S/C14H17NO4S/c1-9-5-6-11(7-10(9)2)12(16)8-15-13(17)14(3,4)20(15,18)19/h5-7H,8H2,1-4H3. The first-order chi connectivity index (χ1) is 9.09. The molecule has 1 saturated heterocycles. The number of aryl methyl sites for hydroxylation is 2. The Hall–Kier alpha value is -1.69. The Kier molecular flexibility index (Phi) is 3.25. The molecule has 1 heterocycles. The van der Waals surface area contributed by atoms with Crippen LogP contribution in [0.4, 0.5) is 0 Å². The molecule has 108 valence electrons. The molecular weight excluding hydrogens is 278 g/mol. The van der Waals surface area contributed by atoms with Gasteiger partial charge in [-0.25, -0.2) is 12.7 Å². The number of carbonyl (C=O) groups excluding carboxylic acids is 2. The molecule has 1 aliphatic rings. The number of sulfonamides is 1. The molecule has 1 aromatic carbocycles. The smallest absolute Gasteiger partial charge is 0.259 e. The second-order valence-corrected chi connectivity index (χ2v) is 7.96. The van der Waals surface area contributed by atoms with E-state index in [0.717, 1.165) is 11.1 Å². The van der Waals surface area contributed by atoms with Crippen molar-refractivity contribution < 1.29 is 18.0 Å². The third-order valence-electron chi connectivity index (χ3n) is 3.79. The lowest BCUT2D eigenvalue weighted by molar-refractivity contribution is -0.131. The largest absolute Gasteiger partial charge is 0.292 e. The van der Waals surface area contributed by atoms with Crippen molar-refractivity contribution in [2.24, 2.45) is 0 Å². The van der Waals surface area contributed by atoms with Gasteiger partial charge in [0.2, 0.25) is 0 Å². The van der Waals surface area contributed by atoms with Gasteiger partial charge in [0.15, 0.2) is 10.5 Å². The molecule has 6 heteroatoms. The Morgan fingerprint density at radius 1 is 1.20 bits per heavy atom. The summed E-state index contributed by atoms with van der Waals surface area (Å²) in [4.78, 5) is 23.9. The van der Waals surface area contributed by atoms with Gasteiger partial charge in [-0.05, 0) is 44.9 Å². The zero-order chi connectivity index (χ0) is 15.3. The van der Waals surface area contributed by atoms with Crippen LogP contribution in [0, 0.1) is 13.8 Å². The van der Waals surface area contributed by atoms with E-state index in [0.29, 0.717) is 9.87 Å². The molecule has 1 amide bonds. The van der Waals surface area contributed by atoms with E-state index in [1.54, 1.807) is 18.2 Å². The van der Waals surface area contributed by atoms with Gasteiger partial charge in [0, 0.05) is 5.56 Å². The Labute approximate surface area is 118 Å². The SMILES string of the molecule is Cc1ccc(C(=O)CN2C(=O)C(C)(C)S2(=O)=O)cc1C. The summed E-state index contributed by atoms with van der Waals surface area (Å²) in [6, 6.07) is 5.16. The number of carbonyl (C=O) groups is 2. The summed E-state index contributed by atoms with van der Waals surface area (Å²) in [6.07, 6.45) is 0. The summed E-state index contributed by atoms with van der Waals surface area (Å²) in [5.41, 5.74) is 2.42. The van der Waals surface area contributed by atoms with Gasteiger partial charge in [0.05, 0.1) is 0 Å². The van der Waals surface area contributed by atoms with Crippen LogP contribution in [-0.2, 0) is 14.8 Å². The predicted octanol–water partition coefficient (Wildman–Crippen LogP) is 1.44. The summed E-state index contributed by atoms with van der Waals surface area (Å²) >= 11 is 0. The van der Waals surface area contributed by atoms with Crippen molar-refractivity contribution in [2.45, 2.75) is 32.4 Å². The van der Waals surface area contributed by atoms with Crippen molar-refractivity contribution in [1.29, 1.82) is 0 Å². The number of Topliss-reactive ketones (excluding diaryl/α,β-unsaturated/α-hetero) is 1. The molecule has 1 fully saturated rings. The van der Waals surface area contributed by atoms with Crippen LogP contribution < -0.4 is 0 Å². The minimum atomic E-state index is -3.71. The molecular formula is C14H17NO4S. The van der Waals surface area contributed by atoms with E-state index >= 15 is 0 Å². The summed E-state index contributed by atoms with van der Waals surface area (Å²) < 4.78 is 23.1. The van der Waals surface area contributed by atoms with Crippen molar-refractivity contribution in [3.8, 4) is 0 Å². The number of benzene rings is 1. The Bertz CT molecular complexity index is 704. The molecule has 0 aliphatic carbocycles. The van der Waals surface area contributed by atoms with E-state index in [1.165, 1.54) is 13.8 Å². The number of ketones is 1. The van der Waals surface area contributed by atoms with Gasteiger partial charge in [-0.3, -0.25) is 9.59 Å². The van der Waals surface area contributed by atoms with Crippen molar-refractivity contribution in [1.82, 2.24) is 4.31 Å². The number of rotatable bonds is 3. The summed E-state index contributed by atoms with van der Waals surface area (Å²) in [7, 11) is -3.71. The van der Waals surface area contributed by atoms with Gasteiger partial charge in [-0.2, -0.15) is 0 Å². The van der Waals surface area contributed by atoms with Crippen LogP contribution in [0.3, 0.4) is 0 Å². The highest BCUT2D eigenvalue weighted by Crippen LogP contribution is 2.34. The number of amides is 1. The summed E-state index contributed by atoms with van der Waals surface area (Å²) in [5.74, 6) is -0.907. The predicted molar refractivity (Wildman–Crippen MR) is 75.0 cm³/mol. The fourth-order valence-corrected chi connectivity index (χ4v) is 3.53. The molecule has 0 atom stereocenters. The van der Waals surface area contributed by atoms with Gasteiger partial charge >= 0.3 is 0 Å². The molecule has 0 N–H and O–H groups in total. The van der Waals surface area contributed by atoms with E-state index in [2.05, 4.69) is 0 Å². The highest BCUT2D eigenvalue weighted by atomic mass is 32.2. The topological polar surface area (TPSA) is 71.5 Å². The highest BCUT2D eigenvalue weighted by Gasteiger charge is 2.60. The number of nitrogens with zero attached hydrogens (tertiary/aromatic N) is 1. The second kappa shape index (κ2) is 4.41. The maximum absolute atomic E-state index is 12.1. The molecule has 1 aromatic rings.